The van der Waals surface area contributed by atoms with Crippen molar-refractivity contribution in [3.8, 4) is 0 Å². The molecule has 0 saturated carbocycles. The Labute approximate surface area is 64.0 Å². The van der Waals surface area contributed by atoms with E-state index in [1.807, 2.05) is 0 Å². The van der Waals surface area contributed by atoms with E-state index in [0.29, 0.717) is 12.2 Å². The number of hydrogen-bond acceptors (Lipinski definition) is 3. The van der Waals surface area contributed by atoms with Crippen molar-refractivity contribution in [2.45, 2.75) is 6.42 Å². The molecule has 1 aromatic heterocycles. The van der Waals surface area contributed by atoms with Crippen molar-refractivity contribution in [3.63, 3.8) is 0 Å². The van der Waals surface area contributed by atoms with Gasteiger partial charge in [-0.2, -0.15) is 0 Å². The highest BCUT2D eigenvalue weighted by Crippen LogP contribution is 1.84. The third-order valence-corrected chi connectivity index (χ3v) is 0.825. The lowest BCUT2D eigenvalue weighted by molar-refractivity contribution is 0.998. The monoisotopic (exact) mass is 161 g/mol. The molecule has 0 atom stereocenters. The summed E-state index contributed by atoms with van der Waals surface area (Å²) in [5.41, 5.74) is 5.08. The molecule has 0 amide bonds. The van der Waals surface area contributed by atoms with Crippen LogP contribution >= 0.6 is 12.4 Å². The molecule has 4 N–H and O–H groups in total. The number of nitrogens with two attached hydrogens (primary N) is 1. The molecule has 56 valence electrons. The van der Waals surface area contributed by atoms with Crippen LogP contribution < -0.4 is 5.73 Å². The molecule has 0 aliphatic rings. The van der Waals surface area contributed by atoms with E-state index < -0.39 is 0 Å². The first kappa shape index (κ1) is 8.90. The highest BCUT2D eigenvalue weighted by Gasteiger charge is 1.95. The highest BCUT2D eigenvalue weighted by atomic mass is 35.5. The summed E-state index contributed by atoms with van der Waals surface area (Å²) in [5, 5.41) is 14.0. The molecular weight excluding hydrogens is 154 g/mol. The van der Waals surface area contributed by atoms with E-state index in [9.17, 15) is 0 Å². The maximum Gasteiger partial charge on any atom is 0.137 e. The van der Waals surface area contributed by atoms with Gasteiger partial charge in [-0.3, -0.25) is 5.41 Å². The summed E-state index contributed by atoms with van der Waals surface area (Å²) in [7, 11) is 0. The second kappa shape index (κ2) is 3.84. The average molecular weight is 162 g/mol. The molecule has 0 bridgehead atoms. The number of aromatic amines is 1. The molecule has 0 unspecified atom stereocenters. The lowest BCUT2D eigenvalue weighted by atomic mass is 10.4. The number of nitrogens with zero attached hydrogens (tertiary/aromatic N) is 2. The first-order valence-corrected chi connectivity index (χ1v) is 2.47. The zero-order valence-corrected chi connectivity index (χ0v) is 5.98. The molecule has 5 nitrogen and oxygen atoms in total. The average Bonchev–Trinajstić information content (AvgIpc) is 2.15. The number of halogens is 1. The molecule has 0 aliphatic carbocycles. The van der Waals surface area contributed by atoms with Crippen LogP contribution in [0, 0.1) is 5.41 Å². The molecule has 1 heterocycles. The van der Waals surface area contributed by atoms with Gasteiger partial charge in [0.2, 0.25) is 0 Å². The zero-order valence-electron chi connectivity index (χ0n) is 5.16. The maximum atomic E-state index is 6.86. The second-order valence-corrected chi connectivity index (χ2v) is 1.64. The Morgan fingerprint density at radius 2 is 2.50 bits per heavy atom. The van der Waals surface area contributed by atoms with Crippen molar-refractivity contribution in [2.75, 3.05) is 0 Å². The molecule has 1 aromatic rings. The van der Waals surface area contributed by atoms with E-state index in [1.165, 1.54) is 6.33 Å². The van der Waals surface area contributed by atoms with Gasteiger partial charge >= 0.3 is 0 Å². The minimum Gasteiger partial charge on any atom is -0.387 e. The fourth-order valence-electron chi connectivity index (χ4n) is 0.498. The fraction of sp³-hybridized carbons (Fsp3) is 0.250. The third kappa shape index (κ3) is 2.45. The molecule has 10 heavy (non-hydrogen) atoms. The first-order chi connectivity index (χ1) is 4.29. The standard InChI is InChI=1S/C4H7N5.ClH/c5-3(6)1-4-7-2-8-9-4;/h2H,1H2,(H3,5,6)(H,7,8,9);1H. The van der Waals surface area contributed by atoms with Gasteiger partial charge in [0, 0.05) is 0 Å². The van der Waals surface area contributed by atoms with Crippen molar-refractivity contribution in [1.29, 1.82) is 5.41 Å². The van der Waals surface area contributed by atoms with Crippen LogP contribution in [0.25, 0.3) is 0 Å². The number of nitrogens with one attached hydrogen (secondary N) is 2. The van der Waals surface area contributed by atoms with Gasteiger partial charge in [-0.1, -0.05) is 0 Å². The minimum atomic E-state index is 0. The van der Waals surface area contributed by atoms with Gasteiger partial charge in [0.05, 0.1) is 12.3 Å². The van der Waals surface area contributed by atoms with Gasteiger partial charge in [-0.25, -0.2) is 0 Å². The van der Waals surface area contributed by atoms with Gasteiger partial charge in [0.1, 0.15) is 12.2 Å². The summed E-state index contributed by atoms with van der Waals surface area (Å²) in [5.74, 6) is 0.717. The number of amidine groups is 1. The smallest absolute Gasteiger partial charge is 0.137 e. The van der Waals surface area contributed by atoms with E-state index in [0.717, 1.165) is 0 Å². The summed E-state index contributed by atoms with van der Waals surface area (Å²) in [4.78, 5) is 2.73. The molecule has 0 spiro atoms. The zero-order chi connectivity index (χ0) is 6.69. The Balaban J connectivity index is 0.000000810. The summed E-state index contributed by atoms with van der Waals surface area (Å²) in [6, 6.07) is 0. The van der Waals surface area contributed by atoms with Crippen molar-refractivity contribution in [3.05, 3.63) is 12.2 Å². The molecule has 0 aliphatic heterocycles. The number of aromatic nitrogens is 3. The van der Waals surface area contributed by atoms with Gasteiger partial charge in [-0.15, -0.1) is 22.6 Å². The van der Waals surface area contributed by atoms with Gasteiger partial charge in [-0.05, 0) is 0 Å². The van der Waals surface area contributed by atoms with Crippen LogP contribution in [0.15, 0.2) is 6.33 Å². The van der Waals surface area contributed by atoms with E-state index in [4.69, 9.17) is 11.1 Å². The van der Waals surface area contributed by atoms with Crippen molar-refractivity contribution < 1.29 is 0 Å². The number of rotatable bonds is 2. The molecule has 1 rings (SSSR count). The van der Waals surface area contributed by atoms with Crippen LogP contribution in [0.1, 0.15) is 5.82 Å². The van der Waals surface area contributed by atoms with Crippen LogP contribution in [0.4, 0.5) is 0 Å². The Kier molecular flexibility index (Phi) is 3.42. The SMILES string of the molecule is Cl.N=C(N)Cc1nnc[nH]1. The fourth-order valence-corrected chi connectivity index (χ4v) is 0.498. The van der Waals surface area contributed by atoms with Crippen molar-refractivity contribution >= 4 is 18.2 Å². The highest BCUT2D eigenvalue weighted by molar-refractivity contribution is 5.85. The van der Waals surface area contributed by atoms with Gasteiger partial charge in [0.25, 0.3) is 0 Å². The van der Waals surface area contributed by atoms with E-state index in [2.05, 4.69) is 15.2 Å². The summed E-state index contributed by atoms with van der Waals surface area (Å²) >= 11 is 0. The van der Waals surface area contributed by atoms with Crippen LogP contribution in [0.3, 0.4) is 0 Å². The summed E-state index contributed by atoms with van der Waals surface area (Å²) in [6.45, 7) is 0. The molecule has 0 aromatic carbocycles. The lowest BCUT2D eigenvalue weighted by Crippen LogP contribution is -2.13. The topological polar surface area (TPSA) is 91.4 Å². The molecule has 0 radical (unpaired) electrons. The summed E-state index contributed by atoms with van der Waals surface area (Å²) < 4.78 is 0. The third-order valence-electron chi connectivity index (χ3n) is 0.825. The Morgan fingerprint density at radius 3 is 2.90 bits per heavy atom. The molecular formula is C4H8ClN5. The van der Waals surface area contributed by atoms with Gasteiger partial charge in [0.15, 0.2) is 0 Å². The quantitative estimate of drug-likeness (QED) is 0.411. The van der Waals surface area contributed by atoms with Crippen LogP contribution in [0.5, 0.6) is 0 Å². The Bertz CT molecular complexity index is 193. The molecule has 0 saturated heterocycles. The normalized spacial score (nSPS) is 8.40. The Hall–Kier alpha value is -1.10. The van der Waals surface area contributed by atoms with Crippen molar-refractivity contribution in [1.82, 2.24) is 15.2 Å². The second-order valence-electron chi connectivity index (χ2n) is 1.64. The van der Waals surface area contributed by atoms with E-state index in [-0.39, 0.29) is 18.2 Å². The predicted octanol–water partition coefficient (Wildman–Crippen LogP) is -0.295. The van der Waals surface area contributed by atoms with Crippen LogP contribution in [0.2, 0.25) is 0 Å². The lowest BCUT2D eigenvalue weighted by Gasteiger charge is -1.88. The van der Waals surface area contributed by atoms with Gasteiger partial charge < -0.3 is 10.7 Å². The minimum absolute atomic E-state index is 0. The predicted molar refractivity (Wildman–Crippen MR) is 39.2 cm³/mol. The largest absolute Gasteiger partial charge is 0.387 e. The number of H-pyrrole nitrogens is 1. The van der Waals surface area contributed by atoms with Crippen molar-refractivity contribution in [2.24, 2.45) is 5.73 Å². The maximum absolute atomic E-state index is 6.86. The number of hydrogen-bond donors (Lipinski definition) is 3. The van der Waals surface area contributed by atoms with Crippen LogP contribution in [-0.2, 0) is 6.42 Å². The first-order valence-electron chi connectivity index (χ1n) is 2.47. The van der Waals surface area contributed by atoms with Crippen LogP contribution in [-0.4, -0.2) is 21.0 Å². The Morgan fingerprint density at radius 1 is 1.80 bits per heavy atom. The van der Waals surface area contributed by atoms with E-state index >= 15 is 0 Å². The molecule has 6 heteroatoms. The molecule has 0 fully saturated rings. The van der Waals surface area contributed by atoms with E-state index in [1.54, 1.807) is 0 Å². The summed E-state index contributed by atoms with van der Waals surface area (Å²) in [6.07, 6.45) is 1.80.